The highest BCUT2D eigenvalue weighted by atomic mass is 16.6. The van der Waals surface area contributed by atoms with Gasteiger partial charge in [0, 0.05) is 12.0 Å². The van der Waals surface area contributed by atoms with Crippen LogP contribution in [-0.4, -0.2) is 76.0 Å². The molecule has 4 atom stereocenters. The number of phenols is 1. The molecule has 1 aromatic carbocycles. The van der Waals surface area contributed by atoms with Crippen molar-refractivity contribution in [2.45, 2.75) is 84.1 Å². The first-order valence-electron chi connectivity index (χ1n) is 12.3. The quantitative estimate of drug-likeness (QED) is 0.291. The minimum Gasteiger partial charge on any atom is -0.507 e. The minimum atomic E-state index is -1.31. The number of amides is 2. The van der Waals surface area contributed by atoms with Gasteiger partial charge < -0.3 is 35.4 Å². The second-order valence-electron chi connectivity index (χ2n) is 10.6. The van der Waals surface area contributed by atoms with Crippen LogP contribution in [0.25, 0.3) is 0 Å². The summed E-state index contributed by atoms with van der Waals surface area (Å²) >= 11 is 0. The molecule has 200 valence electrons. The van der Waals surface area contributed by atoms with E-state index < -0.39 is 54.1 Å². The molecule has 0 aromatic heterocycles. The molecule has 0 saturated carbocycles. The summed E-state index contributed by atoms with van der Waals surface area (Å²) in [5, 5.41) is 35.0. The number of Topliss-reactive ketones (excluding diaryl/α,β-unsaturated/α-hetero) is 1. The van der Waals surface area contributed by atoms with E-state index in [1.54, 1.807) is 20.8 Å². The molecule has 0 bridgehead atoms. The van der Waals surface area contributed by atoms with Gasteiger partial charge in [-0.05, 0) is 63.1 Å². The molecular formula is C26H38N2O8. The maximum atomic E-state index is 13.3. The Morgan fingerprint density at radius 1 is 1.03 bits per heavy atom. The Morgan fingerprint density at radius 3 is 2.19 bits per heavy atom. The van der Waals surface area contributed by atoms with Crippen molar-refractivity contribution in [3.05, 3.63) is 22.3 Å². The second-order valence-corrected chi connectivity index (χ2v) is 10.6. The molecule has 2 amide bonds. The second kappa shape index (κ2) is 10.4. The molecule has 4 unspecified atom stereocenters. The molecule has 0 aliphatic carbocycles. The van der Waals surface area contributed by atoms with E-state index in [9.17, 15) is 29.7 Å². The van der Waals surface area contributed by atoms with Gasteiger partial charge in [-0.2, -0.15) is 0 Å². The highest BCUT2D eigenvalue weighted by Crippen LogP contribution is 2.43. The Labute approximate surface area is 211 Å². The molecule has 1 aromatic rings. The van der Waals surface area contributed by atoms with Gasteiger partial charge >= 0.3 is 0 Å². The van der Waals surface area contributed by atoms with Gasteiger partial charge in [0.25, 0.3) is 5.91 Å². The number of aliphatic hydroxyl groups is 2. The molecule has 10 heteroatoms. The largest absolute Gasteiger partial charge is 0.507 e. The van der Waals surface area contributed by atoms with Gasteiger partial charge in [0.1, 0.15) is 17.5 Å². The molecule has 10 nitrogen and oxygen atoms in total. The number of ketones is 1. The van der Waals surface area contributed by atoms with Crippen molar-refractivity contribution in [2.24, 2.45) is 5.92 Å². The Bertz CT molecular complexity index is 1050. The van der Waals surface area contributed by atoms with Crippen LogP contribution in [0, 0.1) is 26.7 Å². The van der Waals surface area contributed by atoms with E-state index in [0.29, 0.717) is 36.1 Å². The zero-order chi connectivity index (χ0) is 27.0. The summed E-state index contributed by atoms with van der Waals surface area (Å²) in [6, 6.07) is -2.25. The molecule has 0 spiro atoms. The summed E-state index contributed by atoms with van der Waals surface area (Å²) in [4.78, 5) is 39.2. The van der Waals surface area contributed by atoms with Crippen LogP contribution in [0.2, 0.25) is 0 Å². The van der Waals surface area contributed by atoms with Gasteiger partial charge in [-0.25, -0.2) is 0 Å². The van der Waals surface area contributed by atoms with Crippen LogP contribution in [0.1, 0.15) is 55.9 Å². The van der Waals surface area contributed by atoms with Crippen LogP contribution < -0.4 is 15.4 Å². The summed E-state index contributed by atoms with van der Waals surface area (Å²) in [7, 11) is 0. The highest BCUT2D eigenvalue weighted by molar-refractivity contribution is 5.98. The van der Waals surface area contributed by atoms with E-state index in [-0.39, 0.29) is 18.3 Å². The molecule has 36 heavy (non-hydrogen) atoms. The Morgan fingerprint density at radius 2 is 1.67 bits per heavy atom. The molecule has 0 radical (unpaired) electrons. The van der Waals surface area contributed by atoms with E-state index in [1.165, 1.54) is 0 Å². The molecule has 3 rings (SSSR count). The molecular weight excluding hydrogens is 468 g/mol. The molecule has 5 N–H and O–H groups in total. The number of carbonyl (C=O) groups excluding carboxylic acids is 3. The van der Waals surface area contributed by atoms with Crippen LogP contribution in [0.5, 0.6) is 11.5 Å². The molecule has 1 saturated heterocycles. The fourth-order valence-electron chi connectivity index (χ4n) is 4.60. The number of benzene rings is 1. The number of aliphatic hydroxyl groups excluding tert-OH is 2. The van der Waals surface area contributed by atoms with Crippen molar-refractivity contribution in [1.29, 1.82) is 0 Å². The normalized spacial score (nSPS) is 24.4. The van der Waals surface area contributed by atoms with Crippen molar-refractivity contribution in [3.63, 3.8) is 0 Å². The van der Waals surface area contributed by atoms with Gasteiger partial charge in [0.2, 0.25) is 5.91 Å². The van der Waals surface area contributed by atoms with Gasteiger partial charge in [-0.1, -0.05) is 13.8 Å². The van der Waals surface area contributed by atoms with E-state index in [1.807, 2.05) is 20.8 Å². The first-order valence-corrected chi connectivity index (χ1v) is 12.3. The van der Waals surface area contributed by atoms with Crippen molar-refractivity contribution in [2.75, 3.05) is 19.8 Å². The number of ether oxygens (including phenoxy) is 2. The predicted octanol–water partition coefficient (Wildman–Crippen LogP) is 0.740. The van der Waals surface area contributed by atoms with Crippen molar-refractivity contribution < 1.29 is 39.2 Å². The number of phenolic OH excluding ortho intramolecular Hbond substituents is 1. The van der Waals surface area contributed by atoms with Crippen LogP contribution in [0.3, 0.4) is 0 Å². The number of carbonyl (C=O) groups is 3. The average Bonchev–Trinajstić information content (AvgIpc) is 3.64. The highest BCUT2D eigenvalue weighted by Gasteiger charge is 2.54. The summed E-state index contributed by atoms with van der Waals surface area (Å²) < 4.78 is 11.3. The Balaban J connectivity index is 1.74. The fourth-order valence-corrected chi connectivity index (χ4v) is 4.60. The number of fused-ring (bicyclic) bond motifs is 1. The third kappa shape index (κ3) is 5.21. The zero-order valence-corrected chi connectivity index (χ0v) is 21.9. The maximum Gasteiger partial charge on any atom is 0.264 e. The number of nitrogens with one attached hydrogen (secondary N) is 2. The zero-order valence-electron chi connectivity index (χ0n) is 21.9. The lowest BCUT2D eigenvalue weighted by atomic mass is 9.86. The molecule has 1 fully saturated rings. The van der Waals surface area contributed by atoms with Gasteiger partial charge in [-0.3, -0.25) is 14.4 Å². The van der Waals surface area contributed by atoms with Crippen molar-refractivity contribution >= 4 is 17.6 Å². The summed E-state index contributed by atoms with van der Waals surface area (Å²) in [5.74, 6) is -0.915. The Kier molecular flexibility index (Phi) is 8.02. The summed E-state index contributed by atoms with van der Waals surface area (Å²) in [6.07, 6.45) is 1.10. The monoisotopic (exact) mass is 506 g/mol. The molecule has 2 aliphatic heterocycles. The van der Waals surface area contributed by atoms with E-state index in [4.69, 9.17) is 9.47 Å². The summed E-state index contributed by atoms with van der Waals surface area (Å²) in [5.41, 5.74) is 0.349. The first-order chi connectivity index (χ1) is 16.8. The van der Waals surface area contributed by atoms with Gasteiger partial charge in [-0.15, -0.1) is 0 Å². The minimum absolute atomic E-state index is 0.0557. The van der Waals surface area contributed by atoms with Crippen molar-refractivity contribution in [3.8, 4) is 11.5 Å². The third-order valence-electron chi connectivity index (χ3n) is 7.34. The number of hydrogen-bond donors (Lipinski definition) is 5. The van der Waals surface area contributed by atoms with E-state index in [0.717, 1.165) is 11.1 Å². The Hall–Kier alpha value is -2.69. The van der Waals surface area contributed by atoms with Gasteiger partial charge in [0.15, 0.2) is 17.0 Å². The number of rotatable bonds is 10. The summed E-state index contributed by atoms with van der Waals surface area (Å²) in [6.45, 7) is 9.72. The van der Waals surface area contributed by atoms with Crippen LogP contribution in [-0.2, 0) is 25.5 Å². The lowest BCUT2D eigenvalue weighted by Gasteiger charge is -2.37. The lowest BCUT2D eigenvalue weighted by molar-refractivity contribution is -0.141. The van der Waals surface area contributed by atoms with E-state index in [2.05, 4.69) is 10.6 Å². The fraction of sp³-hybridized carbons (Fsp3) is 0.654. The topological polar surface area (TPSA) is 158 Å². The van der Waals surface area contributed by atoms with Gasteiger partial charge in [0.05, 0.1) is 25.9 Å². The number of aromatic hydroxyl groups is 1. The SMILES string of the molecule is Cc1c(C)c2c(c(C)c1O)CCC(C)(C(=O)NC(CO)C(=O)NC(CC(C)C)C(=O)C1(CO)CO1)O2. The van der Waals surface area contributed by atoms with Crippen LogP contribution in [0.15, 0.2) is 0 Å². The standard InChI is InChI=1S/C26H38N2O8/c1-13(2)9-18(22(32)26(11-30)12-35-26)27-23(33)19(10-29)28-24(34)25(6)8-7-17-16(5)20(31)14(3)15(4)21(17)36-25/h13,18-19,29-31H,7-12H2,1-6H3,(H,27,33)(H,28,34). The molecule has 2 aliphatic rings. The van der Waals surface area contributed by atoms with Crippen molar-refractivity contribution in [1.82, 2.24) is 10.6 Å². The van der Waals surface area contributed by atoms with E-state index >= 15 is 0 Å². The van der Waals surface area contributed by atoms with Crippen LogP contribution >= 0.6 is 0 Å². The smallest absolute Gasteiger partial charge is 0.264 e. The number of hydrogen-bond acceptors (Lipinski definition) is 8. The average molecular weight is 507 g/mol. The lowest BCUT2D eigenvalue weighted by Crippen LogP contribution is -2.60. The van der Waals surface area contributed by atoms with Crippen LogP contribution in [0.4, 0.5) is 0 Å². The number of epoxide rings is 1. The first kappa shape index (κ1) is 27.9. The maximum absolute atomic E-state index is 13.3. The molecule has 2 heterocycles. The predicted molar refractivity (Wildman–Crippen MR) is 131 cm³/mol. The third-order valence-corrected chi connectivity index (χ3v) is 7.34.